The lowest BCUT2D eigenvalue weighted by Crippen LogP contribution is -2.57. The molecule has 0 aliphatic rings. The largest absolute Gasteiger partial charge is 0.505 e. The number of alkyl halides is 7. The number of aromatic hydroxyl groups is 1. The minimum atomic E-state index is -6.78. The van der Waals surface area contributed by atoms with Gasteiger partial charge < -0.3 is 10.4 Å². The lowest BCUT2D eigenvalue weighted by molar-refractivity contribution is -0.343. The van der Waals surface area contributed by atoms with Crippen LogP contribution in [0.1, 0.15) is 51.0 Å². The molecule has 3 rings (SSSR count). The molecule has 8 nitrogen and oxygen atoms in total. The summed E-state index contributed by atoms with van der Waals surface area (Å²) in [5.41, 5.74) is -0.436. The fraction of sp³-hybridized carbons (Fsp3) is 0.393. The molecule has 0 heterocycles. The molecule has 0 fully saturated rings. The Morgan fingerprint density at radius 1 is 0.864 bits per heavy atom. The van der Waals surface area contributed by atoms with Crippen LogP contribution in [0.2, 0.25) is 0 Å². The molecule has 0 aliphatic carbocycles. The number of aryl methyl sites for hydroxylation is 1. The zero-order valence-corrected chi connectivity index (χ0v) is 24.0. The van der Waals surface area contributed by atoms with E-state index >= 15 is 0 Å². The van der Waals surface area contributed by atoms with Gasteiger partial charge in [0.05, 0.1) is 5.69 Å². The molecule has 0 radical (unpaired) electrons. The predicted molar refractivity (Wildman–Crippen MR) is 148 cm³/mol. The van der Waals surface area contributed by atoms with Gasteiger partial charge in [-0.25, -0.2) is 0 Å². The number of benzene rings is 3. The van der Waals surface area contributed by atoms with Crippen LogP contribution < -0.4 is 5.32 Å². The summed E-state index contributed by atoms with van der Waals surface area (Å²) in [6.07, 6.45) is 0.757. The van der Waals surface area contributed by atoms with Crippen molar-refractivity contribution in [1.29, 1.82) is 0 Å². The highest BCUT2D eigenvalue weighted by Gasteiger charge is 2.76. The van der Waals surface area contributed by atoms with Gasteiger partial charge in [0, 0.05) is 16.5 Å². The van der Waals surface area contributed by atoms with E-state index in [9.17, 15) is 53.6 Å². The molecule has 3 aromatic rings. The van der Waals surface area contributed by atoms with Gasteiger partial charge in [-0.2, -0.15) is 44.3 Å². The first kappa shape index (κ1) is 34.7. The van der Waals surface area contributed by atoms with Crippen LogP contribution in [0.5, 0.6) is 5.75 Å². The van der Waals surface area contributed by atoms with Crippen LogP contribution in [0.4, 0.5) is 47.8 Å². The molecule has 0 aromatic heterocycles. The van der Waals surface area contributed by atoms with Crippen molar-refractivity contribution in [3.8, 4) is 5.75 Å². The standard InChI is InChI=1S/C28H28F7N3O5S/c1-2-3-4-5-6-7-9-17-12-14-18(15-13-17)37-38-23-22(44(41,42)43)16-20-19(24(23)39)10-8-11-21(20)36-25(40)26(29,30)27(31,32)28(33,34)35/h8,10-16,39H,2-7,9H2,1H3,(H,36,40)(H,41,42,43). The normalized spacial score (nSPS) is 13.1. The Hall–Kier alpha value is -3.79. The summed E-state index contributed by atoms with van der Waals surface area (Å²) >= 11 is 0. The van der Waals surface area contributed by atoms with Gasteiger partial charge in [-0.15, -0.1) is 5.11 Å². The van der Waals surface area contributed by atoms with E-state index in [-0.39, 0.29) is 5.69 Å². The highest BCUT2D eigenvalue weighted by molar-refractivity contribution is 7.86. The van der Waals surface area contributed by atoms with Crippen LogP contribution in [-0.4, -0.2) is 42.0 Å². The minimum absolute atomic E-state index is 0.228. The highest BCUT2D eigenvalue weighted by Crippen LogP contribution is 2.48. The number of hydrogen-bond acceptors (Lipinski definition) is 6. The average molecular weight is 652 g/mol. The van der Waals surface area contributed by atoms with Crippen molar-refractivity contribution in [3.63, 3.8) is 0 Å². The van der Waals surface area contributed by atoms with Crippen LogP contribution in [0.3, 0.4) is 0 Å². The van der Waals surface area contributed by atoms with Gasteiger partial charge in [0.15, 0.2) is 5.75 Å². The van der Waals surface area contributed by atoms with Gasteiger partial charge in [0.1, 0.15) is 10.6 Å². The van der Waals surface area contributed by atoms with Crippen molar-refractivity contribution in [2.75, 3.05) is 5.32 Å². The fourth-order valence-electron chi connectivity index (χ4n) is 4.24. The Morgan fingerprint density at radius 2 is 1.48 bits per heavy atom. The molecule has 3 aromatic carbocycles. The van der Waals surface area contributed by atoms with Crippen LogP contribution in [0.15, 0.2) is 63.7 Å². The number of rotatable bonds is 13. The van der Waals surface area contributed by atoms with Crippen molar-refractivity contribution >= 4 is 43.9 Å². The maximum Gasteiger partial charge on any atom is 0.460 e. The molecule has 0 unspecified atom stereocenters. The first-order valence-electron chi connectivity index (χ1n) is 13.3. The number of carbonyl (C=O) groups excluding carboxylic acids is 1. The summed E-state index contributed by atoms with van der Waals surface area (Å²) in [5, 5.41) is 18.6. The molecule has 0 bridgehead atoms. The predicted octanol–water partition coefficient (Wildman–Crippen LogP) is 8.88. The molecule has 0 atom stereocenters. The summed E-state index contributed by atoms with van der Waals surface area (Å²) < 4.78 is 126. The Morgan fingerprint density at radius 3 is 2.07 bits per heavy atom. The maximum absolute atomic E-state index is 13.9. The zero-order chi connectivity index (χ0) is 32.9. The Balaban J connectivity index is 1.93. The number of nitrogens with zero attached hydrogens (tertiary/aromatic N) is 2. The third-order valence-electron chi connectivity index (χ3n) is 6.68. The van der Waals surface area contributed by atoms with Gasteiger partial charge in [-0.1, -0.05) is 63.3 Å². The Kier molecular flexibility index (Phi) is 10.6. The number of hydrogen-bond donors (Lipinski definition) is 3. The van der Waals surface area contributed by atoms with Crippen molar-refractivity contribution in [2.45, 2.75) is 74.8 Å². The maximum atomic E-state index is 13.9. The quantitative estimate of drug-likeness (QED) is 0.0736. The second kappa shape index (κ2) is 13.5. The van der Waals surface area contributed by atoms with Gasteiger partial charge >= 0.3 is 23.9 Å². The smallest absolute Gasteiger partial charge is 0.460 e. The number of anilines is 1. The number of unbranched alkanes of at least 4 members (excludes halogenated alkanes) is 5. The van der Waals surface area contributed by atoms with E-state index in [0.717, 1.165) is 55.9 Å². The first-order chi connectivity index (χ1) is 20.4. The van der Waals surface area contributed by atoms with E-state index in [2.05, 4.69) is 17.2 Å². The van der Waals surface area contributed by atoms with Gasteiger partial charge in [-0.05, 0) is 42.7 Å². The molecule has 16 heteroatoms. The SMILES string of the molecule is CCCCCCCCc1ccc(N=Nc2c(S(=O)(=O)O)cc3c(NC(=O)C(F)(F)C(F)(F)C(F)(F)F)cccc3c2O)cc1. The number of halogens is 7. The van der Waals surface area contributed by atoms with E-state index in [1.54, 1.807) is 24.3 Å². The van der Waals surface area contributed by atoms with Crippen molar-refractivity contribution in [3.05, 3.63) is 54.1 Å². The van der Waals surface area contributed by atoms with E-state index in [0.29, 0.717) is 6.07 Å². The summed E-state index contributed by atoms with van der Waals surface area (Å²) in [5.74, 6) is -17.1. The Bertz CT molecular complexity index is 1630. The number of phenols is 1. The molecule has 1 amide bonds. The topological polar surface area (TPSA) is 128 Å². The summed E-state index contributed by atoms with van der Waals surface area (Å²) in [4.78, 5) is 10.8. The van der Waals surface area contributed by atoms with Crippen molar-refractivity contribution < 1.29 is 53.6 Å². The van der Waals surface area contributed by atoms with E-state index < -0.39 is 66.8 Å². The average Bonchev–Trinajstić information content (AvgIpc) is 2.94. The highest BCUT2D eigenvalue weighted by atomic mass is 32.2. The van der Waals surface area contributed by atoms with Crippen LogP contribution in [-0.2, 0) is 21.3 Å². The lowest BCUT2D eigenvalue weighted by atomic mass is 10.0. The molecular formula is C28H28F7N3O5S. The molecule has 0 spiro atoms. The Labute approximate surface area is 247 Å². The van der Waals surface area contributed by atoms with Gasteiger partial charge in [0.25, 0.3) is 10.1 Å². The fourth-order valence-corrected chi connectivity index (χ4v) is 4.89. The first-order valence-corrected chi connectivity index (χ1v) is 14.8. The zero-order valence-electron chi connectivity index (χ0n) is 23.1. The number of carbonyl (C=O) groups is 1. The second-order valence-electron chi connectivity index (χ2n) is 9.93. The van der Waals surface area contributed by atoms with E-state index in [1.807, 2.05) is 0 Å². The molecular weight excluding hydrogens is 623 g/mol. The summed E-state index contributed by atoms with van der Waals surface area (Å²) in [7, 11) is -5.24. The number of azo groups is 1. The molecule has 240 valence electrons. The second-order valence-corrected chi connectivity index (χ2v) is 11.3. The minimum Gasteiger partial charge on any atom is -0.505 e. The number of fused-ring (bicyclic) bond motifs is 1. The lowest BCUT2D eigenvalue weighted by Gasteiger charge is -2.27. The third-order valence-corrected chi connectivity index (χ3v) is 7.54. The van der Waals surface area contributed by atoms with E-state index in [4.69, 9.17) is 0 Å². The van der Waals surface area contributed by atoms with Crippen molar-refractivity contribution in [2.24, 2.45) is 10.2 Å². The molecule has 3 N–H and O–H groups in total. The molecule has 0 aliphatic heterocycles. The monoisotopic (exact) mass is 651 g/mol. The molecule has 44 heavy (non-hydrogen) atoms. The summed E-state index contributed by atoms with van der Waals surface area (Å²) in [6, 6.07) is 10.1. The number of nitrogens with one attached hydrogen (secondary N) is 1. The number of amides is 1. The van der Waals surface area contributed by atoms with Gasteiger partial charge in [0.2, 0.25) is 0 Å². The molecule has 0 saturated carbocycles. The third kappa shape index (κ3) is 7.64. The van der Waals surface area contributed by atoms with Crippen molar-refractivity contribution in [1.82, 2.24) is 0 Å². The van der Waals surface area contributed by atoms with Crippen LogP contribution in [0.25, 0.3) is 10.8 Å². The number of phenolic OH excluding ortho intramolecular Hbond substituents is 1. The van der Waals surface area contributed by atoms with Crippen LogP contribution >= 0.6 is 0 Å². The molecule has 0 saturated heterocycles. The van der Waals surface area contributed by atoms with E-state index in [1.165, 1.54) is 18.2 Å². The van der Waals surface area contributed by atoms with Gasteiger partial charge in [-0.3, -0.25) is 9.35 Å². The van der Waals surface area contributed by atoms with Crippen LogP contribution in [0, 0.1) is 0 Å². The summed E-state index contributed by atoms with van der Waals surface area (Å²) in [6.45, 7) is 2.13.